The average Bonchev–Trinajstić information content (AvgIpc) is 2.93. The first-order chi connectivity index (χ1) is 18.4. The van der Waals surface area contributed by atoms with Gasteiger partial charge in [0, 0.05) is 43.2 Å². The minimum absolute atomic E-state index is 0.0570. The van der Waals surface area contributed by atoms with Gasteiger partial charge in [-0.15, -0.1) is 0 Å². The van der Waals surface area contributed by atoms with Gasteiger partial charge in [-0.3, -0.25) is 15.1 Å². The normalized spacial score (nSPS) is 15.9. The van der Waals surface area contributed by atoms with Gasteiger partial charge in [0.25, 0.3) is 0 Å². The number of piperidine rings is 1. The monoisotopic (exact) mass is 535 g/mol. The molecule has 3 aromatic rings. The maximum Gasteiger partial charge on any atom is 0.237 e. The topological polar surface area (TPSA) is 63.3 Å². The number of halogens is 1. The number of ether oxygens (including phenoxy) is 3. The zero-order valence-electron chi connectivity index (χ0n) is 22.1. The van der Waals surface area contributed by atoms with Crippen LogP contribution in [-0.4, -0.2) is 63.3 Å². The molecule has 1 fully saturated rings. The van der Waals surface area contributed by atoms with Crippen molar-refractivity contribution >= 4 is 17.5 Å². The number of fused-ring (bicyclic) bond motifs is 1. The molecule has 1 N–H and O–H groups in total. The number of rotatable bonds is 7. The molecule has 38 heavy (non-hydrogen) atoms. The number of nitrogens with zero attached hydrogens (tertiary/aromatic N) is 2. The molecule has 1 amide bonds. The van der Waals surface area contributed by atoms with Crippen molar-refractivity contribution < 1.29 is 19.0 Å². The second-order valence-electron chi connectivity index (χ2n) is 9.97. The number of likely N-dealkylation sites (tertiary alicyclic amines) is 1. The molecule has 0 saturated carbocycles. The maximum absolute atomic E-state index is 12.3. The lowest BCUT2D eigenvalue weighted by molar-refractivity contribution is -0.130. The van der Waals surface area contributed by atoms with E-state index in [2.05, 4.69) is 28.5 Å². The standard InChI is InChI=1S/C30H34ClN3O4/c1-33(2)32-30(35)20-11-13-34(14-12-20)19-23-8-7-21(17-27(23)36-3)24-5-4-6-25(29(24)31)22-9-10-26-28(18-22)38-16-15-37-26/h4-10,17-18,20H,11-16,19H2,1-3H3,(H,32,35). The lowest BCUT2D eigenvalue weighted by atomic mass is 9.95. The summed E-state index contributed by atoms with van der Waals surface area (Å²) in [6.07, 6.45) is 1.70. The van der Waals surface area contributed by atoms with Crippen LogP contribution in [0.1, 0.15) is 18.4 Å². The van der Waals surface area contributed by atoms with Crippen LogP contribution in [0.25, 0.3) is 22.3 Å². The highest BCUT2D eigenvalue weighted by Gasteiger charge is 2.26. The van der Waals surface area contributed by atoms with Crippen molar-refractivity contribution in [3.05, 3.63) is 65.2 Å². The van der Waals surface area contributed by atoms with Gasteiger partial charge in [-0.25, -0.2) is 5.01 Å². The fraction of sp³-hybridized carbons (Fsp3) is 0.367. The average molecular weight is 536 g/mol. The molecule has 2 aliphatic rings. The van der Waals surface area contributed by atoms with Crippen LogP contribution < -0.4 is 19.6 Å². The summed E-state index contributed by atoms with van der Waals surface area (Å²) in [5, 5.41) is 2.39. The summed E-state index contributed by atoms with van der Waals surface area (Å²) in [5.74, 6) is 2.49. The van der Waals surface area contributed by atoms with Gasteiger partial charge in [-0.1, -0.05) is 48.0 Å². The molecule has 0 aromatic heterocycles. The highest BCUT2D eigenvalue weighted by Crippen LogP contribution is 2.41. The molecule has 0 bridgehead atoms. The molecule has 7 nitrogen and oxygen atoms in total. The maximum atomic E-state index is 12.3. The summed E-state index contributed by atoms with van der Waals surface area (Å²) in [6, 6.07) is 18.3. The smallest absolute Gasteiger partial charge is 0.237 e. The first-order valence-electron chi connectivity index (χ1n) is 13.0. The fourth-order valence-corrected chi connectivity index (χ4v) is 5.48. The van der Waals surface area contributed by atoms with Crippen molar-refractivity contribution in [3.63, 3.8) is 0 Å². The van der Waals surface area contributed by atoms with E-state index in [1.54, 1.807) is 12.1 Å². The Kier molecular flexibility index (Phi) is 8.07. The molecule has 3 aromatic carbocycles. The largest absolute Gasteiger partial charge is 0.496 e. The number of carbonyl (C=O) groups is 1. The van der Waals surface area contributed by atoms with Crippen LogP contribution in [-0.2, 0) is 11.3 Å². The Morgan fingerprint density at radius 2 is 1.66 bits per heavy atom. The van der Waals surface area contributed by atoms with Crippen molar-refractivity contribution in [2.24, 2.45) is 5.92 Å². The number of hydrogen-bond acceptors (Lipinski definition) is 6. The van der Waals surface area contributed by atoms with Crippen molar-refractivity contribution in [2.45, 2.75) is 19.4 Å². The highest BCUT2D eigenvalue weighted by atomic mass is 35.5. The number of hydrazine groups is 1. The summed E-state index contributed by atoms with van der Waals surface area (Å²) in [7, 11) is 5.38. The summed E-state index contributed by atoms with van der Waals surface area (Å²) < 4.78 is 17.2. The third-order valence-corrected chi connectivity index (χ3v) is 7.54. The quantitative estimate of drug-likeness (QED) is 0.416. The van der Waals surface area contributed by atoms with Gasteiger partial charge in [-0.2, -0.15) is 0 Å². The van der Waals surface area contributed by atoms with Crippen LogP contribution >= 0.6 is 11.6 Å². The molecule has 5 rings (SSSR count). The van der Waals surface area contributed by atoms with Crippen LogP contribution in [0, 0.1) is 5.92 Å². The molecule has 0 unspecified atom stereocenters. The molecule has 2 heterocycles. The van der Waals surface area contributed by atoms with Crippen molar-refractivity contribution in [1.29, 1.82) is 0 Å². The molecular weight excluding hydrogens is 502 g/mol. The zero-order valence-corrected chi connectivity index (χ0v) is 22.9. The summed E-state index contributed by atoms with van der Waals surface area (Å²) in [5.41, 5.74) is 7.85. The lowest BCUT2D eigenvalue weighted by Crippen LogP contribution is -2.44. The second-order valence-corrected chi connectivity index (χ2v) is 10.4. The number of carbonyl (C=O) groups excluding carboxylic acids is 1. The first-order valence-corrected chi connectivity index (χ1v) is 13.4. The van der Waals surface area contributed by atoms with Crippen LogP contribution in [0.5, 0.6) is 17.2 Å². The molecule has 200 valence electrons. The van der Waals surface area contributed by atoms with Gasteiger partial charge in [0.15, 0.2) is 11.5 Å². The van der Waals surface area contributed by atoms with Gasteiger partial charge < -0.3 is 14.2 Å². The van der Waals surface area contributed by atoms with E-state index in [0.29, 0.717) is 18.2 Å². The minimum Gasteiger partial charge on any atom is -0.496 e. The minimum atomic E-state index is 0.0570. The molecule has 2 aliphatic heterocycles. The molecule has 0 aliphatic carbocycles. The predicted molar refractivity (Wildman–Crippen MR) is 150 cm³/mol. The third-order valence-electron chi connectivity index (χ3n) is 7.14. The molecule has 0 atom stereocenters. The molecule has 8 heteroatoms. The first kappa shape index (κ1) is 26.4. The Bertz CT molecular complexity index is 1300. The molecule has 0 radical (unpaired) electrons. The Balaban J connectivity index is 1.32. The highest BCUT2D eigenvalue weighted by molar-refractivity contribution is 6.36. The Morgan fingerprint density at radius 3 is 2.34 bits per heavy atom. The van der Waals surface area contributed by atoms with E-state index in [1.165, 1.54) is 0 Å². The van der Waals surface area contributed by atoms with Gasteiger partial charge in [0.05, 0.1) is 12.1 Å². The summed E-state index contributed by atoms with van der Waals surface area (Å²) in [4.78, 5) is 14.7. The molecule has 0 spiro atoms. The van der Waals surface area contributed by atoms with Crippen LogP contribution in [0.15, 0.2) is 54.6 Å². The van der Waals surface area contributed by atoms with Crippen LogP contribution in [0.3, 0.4) is 0 Å². The van der Waals surface area contributed by atoms with E-state index in [4.69, 9.17) is 25.8 Å². The third kappa shape index (κ3) is 5.75. The second kappa shape index (κ2) is 11.6. The van der Waals surface area contributed by atoms with E-state index in [0.717, 1.165) is 77.5 Å². The predicted octanol–water partition coefficient (Wildman–Crippen LogP) is 5.26. The van der Waals surface area contributed by atoms with E-state index >= 15 is 0 Å². The summed E-state index contributed by atoms with van der Waals surface area (Å²) in [6.45, 7) is 3.63. The van der Waals surface area contributed by atoms with Crippen molar-refractivity contribution in [2.75, 3.05) is 47.5 Å². The fourth-order valence-electron chi connectivity index (χ4n) is 5.14. The number of amides is 1. The number of methoxy groups -OCH3 is 1. The van der Waals surface area contributed by atoms with Crippen molar-refractivity contribution in [1.82, 2.24) is 15.3 Å². The Labute approximate surface area is 229 Å². The number of benzene rings is 3. The van der Waals surface area contributed by atoms with Gasteiger partial charge in [-0.05, 0) is 55.3 Å². The van der Waals surface area contributed by atoms with E-state index in [1.807, 2.05) is 50.5 Å². The van der Waals surface area contributed by atoms with Gasteiger partial charge in [0.2, 0.25) is 5.91 Å². The number of nitrogens with one attached hydrogen (secondary N) is 1. The van der Waals surface area contributed by atoms with E-state index in [-0.39, 0.29) is 11.8 Å². The van der Waals surface area contributed by atoms with Crippen LogP contribution in [0.2, 0.25) is 5.02 Å². The lowest BCUT2D eigenvalue weighted by Gasteiger charge is -2.32. The zero-order chi connectivity index (χ0) is 26.6. The van der Waals surface area contributed by atoms with Crippen LogP contribution in [0.4, 0.5) is 0 Å². The van der Waals surface area contributed by atoms with E-state index in [9.17, 15) is 4.79 Å². The Morgan fingerprint density at radius 1 is 1.00 bits per heavy atom. The van der Waals surface area contributed by atoms with Crippen molar-refractivity contribution in [3.8, 4) is 39.5 Å². The summed E-state index contributed by atoms with van der Waals surface area (Å²) >= 11 is 6.97. The van der Waals surface area contributed by atoms with Gasteiger partial charge >= 0.3 is 0 Å². The number of hydrogen-bond donors (Lipinski definition) is 1. The molecular formula is C30H34ClN3O4. The SMILES string of the molecule is COc1cc(-c2cccc(-c3ccc4c(c3)OCCO4)c2Cl)ccc1CN1CCC(C(=O)NN(C)C)CC1. The Hall–Kier alpha value is -3.26. The van der Waals surface area contributed by atoms with Gasteiger partial charge in [0.1, 0.15) is 19.0 Å². The molecule has 1 saturated heterocycles. The van der Waals surface area contributed by atoms with E-state index < -0.39 is 0 Å².